The molecule has 7 heteroatoms. The number of carbonyl (C=O) groups is 1. The Balaban J connectivity index is 1.52. The molecule has 27 heavy (non-hydrogen) atoms. The van der Waals surface area contributed by atoms with E-state index in [2.05, 4.69) is 15.5 Å². The van der Waals surface area contributed by atoms with Crippen LogP contribution in [0.2, 0.25) is 5.02 Å². The number of amides is 1. The molecule has 2 N–H and O–H groups in total. The van der Waals surface area contributed by atoms with Crippen molar-refractivity contribution in [1.82, 2.24) is 10.2 Å². The molecular weight excluding hydrogens is 382 g/mol. The van der Waals surface area contributed by atoms with Crippen LogP contribution in [0.1, 0.15) is 10.5 Å². The number of furan rings is 1. The van der Waals surface area contributed by atoms with E-state index < -0.39 is 0 Å². The SMILES string of the molecule is O=C(Nc1ccccc1Sc1ccc(Cl)cc1)c1cc(-c2ccco2)[nH]n1. The highest BCUT2D eigenvalue weighted by atomic mass is 35.5. The van der Waals surface area contributed by atoms with E-state index in [1.807, 2.05) is 48.5 Å². The standard InChI is InChI=1S/C20H14ClN3O2S/c21-13-7-9-14(10-8-13)27-19-6-2-1-4-15(19)22-20(25)17-12-16(23-24-17)18-5-3-11-26-18/h1-12H,(H,22,25)(H,23,24). The van der Waals surface area contributed by atoms with Crippen molar-refractivity contribution in [2.75, 3.05) is 5.32 Å². The van der Waals surface area contributed by atoms with Crippen LogP contribution in [0.3, 0.4) is 0 Å². The number of anilines is 1. The summed E-state index contributed by atoms with van der Waals surface area (Å²) in [5.74, 6) is 0.327. The Morgan fingerprint density at radius 3 is 2.67 bits per heavy atom. The van der Waals surface area contributed by atoms with Gasteiger partial charge in [0.1, 0.15) is 5.69 Å². The molecule has 0 aliphatic rings. The lowest BCUT2D eigenvalue weighted by molar-refractivity contribution is 0.102. The Hall–Kier alpha value is -2.96. The van der Waals surface area contributed by atoms with E-state index in [1.54, 1.807) is 36.2 Å². The van der Waals surface area contributed by atoms with Crippen molar-refractivity contribution in [2.24, 2.45) is 0 Å². The van der Waals surface area contributed by atoms with E-state index in [9.17, 15) is 4.79 Å². The lowest BCUT2D eigenvalue weighted by Gasteiger charge is -2.10. The summed E-state index contributed by atoms with van der Waals surface area (Å²) in [4.78, 5) is 14.5. The Morgan fingerprint density at radius 2 is 1.89 bits per heavy atom. The summed E-state index contributed by atoms with van der Waals surface area (Å²) < 4.78 is 5.31. The van der Waals surface area contributed by atoms with Gasteiger partial charge in [-0.3, -0.25) is 9.89 Å². The summed E-state index contributed by atoms with van der Waals surface area (Å²) in [6.07, 6.45) is 1.57. The first-order valence-corrected chi connectivity index (χ1v) is 9.31. The molecule has 0 aliphatic heterocycles. The second-order valence-electron chi connectivity index (χ2n) is 5.65. The maximum Gasteiger partial charge on any atom is 0.276 e. The number of hydrogen-bond acceptors (Lipinski definition) is 4. The zero-order valence-corrected chi connectivity index (χ0v) is 15.6. The van der Waals surface area contributed by atoms with Gasteiger partial charge in [0.25, 0.3) is 5.91 Å². The van der Waals surface area contributed by atoms with Crippen molar-refractivity contribution < 1.29 is 9.21 Å². The lowest BCUT2D eigenvalue weighted by Crippen LogP contribution is -2.12. The number of carbonyl (C=O) groups excluding carboxylic acids is 1. The normalized spacial score (nSPS) is 10.7. The molecule has 4 aromatic rings. The van der Waals surface area contributed by atoms with Crippen molar-refractivity contribution in [3.05, 3.63) is 83.7 Å². The maximum atomic E-state index is 12.6. The minimum absolute atomic E-state index is 0.285. The van der Waals surface area contributed by atoms with Gasteiger partial charge in [-0.1, -0.05) is 35.5 Å². The van der Waals surface area contributed by atoms with E-state index in [1.165, 1.54) is 0 Å². The fraction of sp³-hybridized carbons (Fsp3) is 0. The number of aromatic amines is 1. The predicted octanol–water partition coefficient (Wildman–Crippen LogP) is 5.73. The zero-order chi connectivity index (χ0) is 18.6. The highest BCUT2D eigenvalue weighted by molar-refractivity contribution is 7.99. The van der Waals surface area contributed by atoms with E-state index in [4.69, 9.17) is 16.0 Å². The Kier molecular flexibility index (Phi) is 5.00. The third-order valence-electron chi connectivity index (χ3n) is 3.77. The largest absolute Gasteiger partial charge is 0.463 e. The maximum absolute atomic E-state index is 12.6. The number of H-pyrrole nitrogens is 1. The molecule has 0 aliphatic carbocycles. The average molecular weight is 396 g/mol. The molecule has 0 saturated carbocycles. The monoisotopic (exact) mass is 395 g/mol. The Morgan fingerprint density at radius 1 is 1.07 bits per heavy atom. The fourth-order valence-electron chi connectivity index (χ4n) is 2.47. The summed E-state index contributed by atoms with van der Waals surface area (Å²) in [5.41, 5.74) is 1.65. The van der Waals surface area contributed by atoms with Gasteiger partial charge in [0.15, 0.2) is 11.5 Å². The van der Waals surface area contributed by atoms with Crippen LogP contribution in [0.15, 0.2) is 87.2 Å². The molecule has 1 amide bonds. The molecule has 134 valence electrons. The number of nitrogens with one attached hydrogen (secondary N) is 2. The van der Waals surface area contributed by atoms with Gasteiger partial charge >= 0.3 is 0 Å². The molecule has 2 aromatic heterocycles. The number of aromatic nitrogens is 2. The van der Waals surface area contributed by atoms with Crippen LogP contribution in [0.5, 0.6) is 0 Å². The molecule has 0 fully saturated rings. The molecule has 0 spiro atoms. The molecule has 0 saturated heterocycles. The van der Waals surface area contributed by atoms with E-state index in [0.717, 1.165) is 9.79 Å². The smallest absolute Gasteiger partial charge is 0.276 e. The van der Waals surface area contributed by atoms with E-state index in [-0.39, 0.29) is 11.6 Å². The molecule has 0 unspecified atom stereocenters. The first-order chi connectivity index (χ1) is 13.2. The predicted molar refractivity (Wildman–Crippen MR) is 106 cm³/mol. The van der Waals surface area contributed by atoms with Crippen LogP contribution >= 0.6 is 23.4 Å². The van der Waals surface area contributed by atoms with E-state index in [0.29, 0.717) is 22.2 Å². The number of para-hydroxylation sites is 1. The number of rotatable bonds is 5. The van der Waals surface area contributed by atoms with Gasteiger partial charge < -0.3 is 9.73 Å². The van der Waals surface area contributed by atoms with Crippen LogP contribution in [-0.4, -0.2) is 16.1 Å². The summed E-state index contributed by atoms with van der Waals surface area (Å²) in [7, 11) is 0. The van der Waals surface area contributed by atoms with Gasteiger partial charge in [0.2, 0.25) is 0 Å². The van der Waals surface area contributed by atoms with Gasteiger partial charge in [0.05, 0.1) is 12.0 Å². The molecule has 0 radical (unpaired) electrons. The van der Waals surface area contributed by atoms with Crippen molar-refractivity contribution in [2.45, 2.75) is 9.79 Å². The third-order valence-corrected chi connectivity index (χ3v) is 5.11. The lowest BCUT2D eigenvalue weighted by atomic mass is 10.2. The van der Waals surface area contributed by atoms with Crippen molar-refractivity contribution in [3.8, 4) is 11.5 Å². The van der Waals surface area contributed by atoms with Crippen molar-refractivity contribution in [3.63, 3.8) is 0 Å². The minimum atomic E-state index is -0.298. The van der Waals surface area contributed by atoms with Crippen molar-refractivity contribution in [1.29, 1.82) is 0 Å². The minimum Gasteiger partial charge on any atom is -0.463 e. The third kappa shape index (κ3) is 4.07. The molecular formula is C20H14ClN3O2S. The highest BCUT2D eigenvalue weighted by Gasteiger charge is 2.14. The zero-order valence-electron chi connectivity index (χ0n) is 14.0. The summed E-state index contributed by atoms with van der Waals surface area (Å²) in [6.45, 7) is 0. The first kappa shape index (κ1) is 17.5. The second kappa shape index (κ2) is 7.73. The molecule has 0 atom stereocenters. The summed E-state index contributed by atoms with van der Waals surface area (Å²) in [6, 6.07) is 20.4. The van der Waals surface area contributed by atoms with Gasteiger partial charge in [-0.15, -0.1) is 0 Å². The number of benzene rings is 2. The quantitative estimate of drug-likeness (QED) is 0.453. The van der Waals surface area contributed by atoms with Crippen LogP contribution in [0.25, 0.3) is 11.5 Å². The summed E-state index contributed by atoms with van der Waals surface area (Å²) >= 11 is 7.49. The first-order valence-electron chi connectivity index (χ1n) is 8.12. The molecule has 0 bridgehead atoms. The van der Waals surface area contributed by atoms with Gasteiger partial charge in [-0.25, -0.2) is 0 Å². The average Bonchev–Trinajstić information content (AvgIpc) is 3.36. The second-order valence-corrected chi connectivity index (χ2v) is 7.20. The van der Waals surface area contributed by atoms with E-state index >= 15 is 0 Å². The van der Waals surface area contributed by atoms with Crippen LogP contribution in [0, 0.1) is 0 Å². The number of halogens is 1. The van der Waals surface area contributed by atoms with Gasteiger partial charge in [-0.05, 0) is 48.5 Å². The molecule has 2 heterocycles. The number of hydrogen-bond donors (Lipinski definition) is 2. The number of nitrogens with zero attached hydrogens (tertiary/aromatic N) is 1. The van der Waals surface area contributed by atoms with Gasteiger partial charge in [-0.2, -0.15) is 5.10 Å². The van der Waals surface area contributed by atoms with Gasteiger partial charge in [0, 0.05) is 20.9 Å². The van der Waals surface area contributed by atoms with Crippen LogP contribution in [0.4, 0.5) is 5.69 Å². The molecule has 4 rings (SSSR count). The Labute approximate surface area is 164 Å². The topological polar surface area (TPSA) is 70.9 Å². The highest BCUT2D eigenvalue weighted by Crippen LogP contribution is 2.34. The fourth-order valence-corrected chi connectivity index (χ4v) is 3.50. The van der Waals surface area contributed by atoms with Crippen molar-refractivity contribution >= 4 is 35.0 Å². The van der Waals surface area contributed by atoms with Crippen LogP contribution < -0.4 is 5.32 Å². The van der Waals surface area contributed by atoms with Crippen LogP contribution in [-0.2, 0) is 0 Å². The molecule has 5 nitrogen and oxygen atoms in total. The Bertz CT molecular complexity index is 1060. The molecule has 2 aromatic carbocycles. The summed E-state index contributed by atoms with van der Waals surface area (Å²) in [5, 5.41) is 10.5.